The number of nitrogens with zero attached hydrogens (tertiary/aromatic N) is 2. The van der Waals surface area contributed by atoms with Crippen LogP contribution in [0.15, 0.2) is 36.9 Å². The van der Waals surface area contributed by atoms with Crippen LogP contribution in [-0.2, 0) is 9.53 Å². The van der Waals surface area contributed by atoms with Crippen molar-refractivity contribution in [1.29, 1.82) is 0 Å². The lowest BCUT2D eigenvalue weighted by Gasteiger charge is -2.35. The third-order valence-corrected chi connectivity index (χ3v) is 4.47. The summed E-state index contributed by atoms with van der Waals surface area (Å²) in [5.41, 5.74) is 1.78. The summed E-state index contributed by atoms with van der Waals surface area (Å²) in [7, 11) is 1.53. The maximum Gasteiger partial charge on any atom is 0.252 e. The average Bonchev–Trinajstić information content (AvgIpc) is 3.08. The molecule has 26 heavy (non-hydrogen) atoms. The number of fused-ring (bicyclic) bond motifs is 3. The number of hydrogen-bond acceptors (Lipinski definition) is 6. The van der Waals surface area contributed by atoms with Crippen LogP contribution in [0.1, 0.15) is 22.8 Å². The Hall–Kier alpha value is -3.26. The minimum Gasteiger partial charge on any atom is -0.382 e. The Balaban J connectivity index is 1.88. The first-order valence-electron chi connectivity index (χ1n) is 8.07. The maximum absolute atomic E-state index is 12.9. The summed E-state index contributed by atoms with van der Waals surface area (Å²) >= 11 is 0. The number of H-pyrrole nitrogens is 1. The lowest BCUT2D eigenvalue weighted by molar-refractivity contribution is -0.121. The van der Waals surface area contributed by atoms with Gasteiger partial charge in [-0.05, 0) is 19.1 Å². The van der Waals surface area contributed by atoms with Gasteiger partial charge in [0.1, 0.15) is 11.2 Å². The van der Waals surface area contributed by atoms with Crippen LogP contribution in [0.4, 0.5) is 11.4 Å². The van der Waals surface area contributed by atoms with E-state index in [4.69, 9.17) is 4.74 Å². The molecule has 1 amide bonds. The van der Waals surface area contributed by atoms with Gasteiger partial charge in [0.2, 0.25) is 0 Å². The van der Waals surface area contributed by atoms with Crippen LogP contribution < -0.4 is 10.6 Å². The van der Waals surface area contributed by atoms with Crippen LogP contribution in [0.2, 0.25) is 0 Å². The Kier molecular flexibility index (Phi) is 3.69. The molecule has 0 saturated carbocycles. The van der Waals surface area contributed by atoms with Gasteiger partial charge < -0.3 is 20.4 Å². The molecule has 0 aromatic carbocycles. The van der Waals surface area contributed by atoms with Crippen molar-refractivity contribution in [3.05, 3.63) is 48.0 Å². The number of aromatic nitrogens is 3. The van der Waals surface area contributed by atoms with Crippen molar-refractivity contribution in [2.75, 3.05) is 24.4 Å². The van der Waals surface area contributed by atoms with Crippen molar-refractivity contribution in [1.82, 2.24) is 15.0 Å². The number of aromatic amines is 1. The summed E-state index contributed by atoms with van der Waals surface area (Å²) in [5.74, 6) is -0.369. The average molecular weight is 351 g/mol. The third kappa shape index (κ3) is 2.42. The number of ether oxygens (including phenoxy) is 1. The van der Waals surface area contributed by atoms with Crippen molar-refractivity contribution in [3.8, 4) is 0 Å². The Morgan fingerprint density at radius 1 is 1.31 bits per heavy atom. The van der Waals surface area contributed by atoms with Gasteiger partial charge in [-0.3, -0.25) is 14.6 Å². The molecule has 1 aliphatic rings. The first kappa shape index (κ1) is 16.2. The van der Waals surface area contributed by atoms with Gasteiger partial charge in [-0.2, -0.15) is 0 Å². The van der Waals surface area contributed by atoms with Crippen molar-refractivity contribution in [2.45, 2.75) is 12.5 Å². The van der Waals surface area contributed by atoms with E-state index in [0.29, 0.717) is 33.5 Å². The number of amides is 1. The summed E-state index contributed by atoms with van der Waals surface area (Å²) in [6.45, 7) is 1.93. The number of rotatable bonds is 4. The zero-order valence-corrected chi connectivity index (χ0v) is 14.3. The Morgan fingerprint density at radius 2 is 2.08 bits per heavy atom. The molecule has 0 aliphatic carbocycles. The number of nitrogens with one attached hydrogen (secondary N) is 3. The highest BCUT2D eigenvalue weighted by Crippen LogP contribution is 2.38. The zero-order valence-electron chi connectivity index (χ0n) is 14.3. The zero-order chi connectivity index (χ0) is 18.3. The van der Waals surface area contributed by atoms with Gasteiger partial charge in [0.15, 0.2) is 5.78 Å². The highest BCUT2D eigenvalue weighted by atomic mass is 16.5. The van der Waals surface area contributed by atoms with E-state index in [1.165, 1.54) is 7.11 Å². The van der Waals surface area contributed by atoms with Crippen molar-refractivity contribution in [3.63, 3.8) is 0 Å². The number of hydrogen-bond donors (Lipinski definition) is 3. The molecule has 3 aromatic heterocycles. The molecule has 8 nitrogen and oxygen atoms in total. The predicted molar refractivity (Wildman–Crippen MR) is 96.3 cm³/mol. The second kappa shape index (κ2) is 5.92. The van der Waals surface area contributed by atoms with E-state index < -0.39 is 5.54 Å². The fourth-order valence-corrected chi connectivity index (χ4v) is 3.14. The van der Waals surface area contributed by atoms with E-state index >= 15 is 0 Å². The van der Waals surface area contributed by atoms with Crippen LogP contribution in [0.5, 0.6) is 0 Å². The van der Waals surface area contributed by atoms with Gasteiger partial charge in [0.05, 0.1) is 35.1 Å². The van der Waals surface area contributed by atoms with E-state index in [9.17, 15) is 9.59 Å². The monoisotopic (exact) mass is 351 g/mol. The molecule has 4 heterocycles. The molecule has 0 radical (unpaired) electrons. The van der Waals surface area contributed by atoms with Crippen LogP contribution in [-0.4, -0.2) is 45.9 Å². The highest BCUT2D eigenvalue weighted by molar-refractivity contribution is 6.21. The molecule has 0 saturated heterocycles. The van der Waals surface area contributed by atoms with E-state index in [2.05, 4.69) is 25.6 Å². The van der Waals surface area contributed by atoms with Gasteiger partial charge in [-0.15, -0.1) is 0 Å². The minimum atomic E-state index is -0.954. The summed E-state index contributed by atoms with van der Waals surface area (Å²) in [6, 6.07) is 3.32. The molecule has 3 aromatic rings. The van der Waals surface area contributed by atoms with Crippen LogP contribution in [0, 0.1) is 0 Å². The summed E-state index contributed by atoms with van der Waals surface area (Å²) in [6.07, 6.45) is 6.34. The number of anilines is 2. The molecular weight excluding hydrogens is 334 g/mol. The normalized spacial score (nSPS) is 18.9. The first-order chi connectivity index (χ1) is 12.5. The summed E-state index contributed by atoms with van der Waals surface area (Å²) in [5, 5.41) is 6.71. The van der Waals surface area contributed by atoms with E-state index in [0.717, 1.165) is 0 Å². The molecular formula is C18H17N5O3. The number of carbonyl (C=O) groups is 2. The molecule has 3 N–H and O–H groups in total. The fraction of sp³-hybridized carbons (Fsp3) is 0.222. The SMILES string of the molecule is COC[C@]1(C)Nc2c(cnc3[nH]cc(C(=O)c4ccncc4)c23)NC1=O. The molecule has 0 spiro atoms. The second-order valence-electron chi connectivity index (χ2n) is 6.38. The third-order valence-electron chi connectivity index (χ3n) is 4.47. The van der Waals surface area contributed by atoms with E-state index in [1.54, 1.807) is 43.8 Å². The fourth-order valence-electron chi connectivity index (χ4n) is 3.14. The van der Waals surface area contributed by atoms with Crippen molar-refractivity contribution in [2.24, 2.45) is 0 Å². The molecule has 1 atom stereocenters. The van der Waals surface area contributed by atoms with E-state index in [1.807, 2.05) is 0 Å². The number of pyridine rings is 2. The Bertz CT molecular complexity index is 1010. The van der Waals surface area contributed by atoms with Gasteiger partial charge in [-0.25, -0.2) is 4.98 Å². The lowest BCUT2D eigenvalue weighted by Crippen LogP contribution is -2.53. The number of ketones is 1. The molecule has 0 unspecified atom stereocenters. The topological polar surface area (TPSA) is 109 Å². The molecule has 1 aliphatic heterocycles. The predicted octanol–water partition coefficient (Wildman–Crippen LogP) is 1.96. The van der Waals surface area contributed by atoms with Gasteiger partial charge in [0.25, 0.3) is 5.91 Å². The largest absolute Gasteiger partial charge is 0.382 e. The molecule has 0 bridgehead atoms. The molecule has 132 valence electrons. The Morgan fingerprint density at radius 3 is 2.81 bits per heavy atom. The molecule has 0 fully saturated rings. The summed E-state index contributed by atoms with van der Waals surface area (Å²) < 4.78 is 5.19. The second-order valence-corrected chi connectivity index (χ2v) is 6.38. The maximum atomic E-state index is 12.9. The van der Waals surface area contributed by atoms with Crippen molar-refractivity contribution < 1.29 is 14.3 Å². The smallest absolute Gasteiger partial charge is 0.252 e. The summed E-state index contributed by atoms with van der Waals surface area (Å²) in [4.78, 5) is 36.6. The standard InChI is InChI=1S/C18H17N5O3/c1-18(9-26-2)17(25)22-12-8-21-16-13(14(12)23-18)11(7-20-16)15(24)10-3-5-19-6-4-10/h3-8,23H,9H2,1-2H3,(H,20,21)(H,22,25)/t18-/m0/s1. The lowest BCUT2D eigenvalue weighted by atomic mass is 9.96. The number of carbonyl (C=O) groups excluding carboxylic acids is 2. The van der Waals surface area contributed by atoms with Gasteiger partial charge in [0, 0.05) is 31.3 Å². The molecule has 4 rings (SSSR count). The van der Waals surface area contributed by atoms with Gasteiger partial charge >= 0.3 is 0 Å². The highest BCUT2D eigenvalue weighted by Gasteiger charge is 2.39. The van der Waals surface area contributed by atoms with Crippen molar-refractivity contribution >= 4 is 34.1 Å². The molecule has 8 heteroatoms. The quantitative estimate of drug-likeness (QED) is 0.620. The first-order valence-corrected chi connectivity index (χ1v) is 8.07. The van der Waals surface area contributed by atoms with Gasteiger partial charge in [-0.1, -0.05) is 0 Å². The Labute approximate surface area is 149 Å². The van der Waals surface area contributed by atoms with Crippen LogP contribution in [0.3, 0.4) is 0 Å². The van der Waals surface area contributed by atoms with E-state index in [-0.39, 0.29) is 18.3 Å². The number of methoxy groups -OCH3 is 1. The van der Waals surface area contributed by atoms with Crippen LogP contribution in [0.25, 0.3) is 11.0 Å². The minimum absolute atomic E-state index is 0.152. The van der Waals surface area contributed by atoms with Crippen LogP contribution >= 0.6 is 0 Å².